The van der Waals surface area contributed by atoms with Crippen molar-refractivity contribution in [1.82, 2.24) is 15.5 Å². The van der Waals surface area contributed by atoms with Gasteiger partial charge in [-0.15, -0.1) is 0 Å². The molecule has 6 heteroatoms. The van der Waals surface area contributed by atoms with Gasteiger partial charge < -0.3 is 20.3 Å². The lowest BCUT2D eigenvalue weighted by Gasteiger charge is -2.27. The number of nitrogens with zero attached hydrogens (tertiary/aromatic N) is 1. The first kappa shape index (κ1) is 18.7. The standard InChI is InChI=1S/C20H29N3O3/c1-14(24)22-19(11-15-4-3-5-18(10-15)26-2)20(25)23-8-6-16-12-21-13-17(16)7-9-23/h3-5,10,16-17,19,21H,6-9,11-13H2,1-2H3,(H,22,24)/t16-,17+,19?. The quantitative estimate of drug-likeness (QED) is 0.829. The normalized spacial score (nSPS) is 23.7. The first-order chi connectivity index (χ1) is 12.6. The van der Waals surface area contributed by atoms with Gasteiger partial charge in [0.05, 0.1) is 7.11 Å². The van der Waals surface area contributed by atoms with Gasteiger partial charge in [-0.25, -0.2) is 0 Å². The van der Waals surface area contributed by atoms with Gasteiger partial charge in [-0.2, -0.15) is 0 Å². The van der Waals surface area contributed by atoms with Crippen molar-refractivity contribution >= 4 is 11.8 Å². The molecule has 3 rings (SSSR count). The van der Waals surface area contributed by atoms with Crippen molar-refractivity contribution in [3.05, 3.63) is 29.8 Å². The predicted molar refractivity (Wildman–Crippen MR) is 100.0 cm³/mol. The molecule has 3 atom stereocenters. The van der Waals surface area contributed by atoms with Crippen molar-refractivity contribution in [2.75, 3.05) is 33.3 Å². The second-order valence-electron chi connectivity index (χ2n) is 7.39. The van der Waals surface area contributed by atoms with Gasteiger partial charge >= 0.3 is 0 Å². The number of likely N-dealkylation sites (tertiary alicyclic amines) is 1. The van der Waals surface area contributed by atoms with E-state index in [0.717, 1.165) is 50.3 Å². The van der Waals surface area contributed by atoms with Crippen LogP contribution in [-0.2, 0) is 16.0 Å². The number of carbonyl (C=O) groups is 2. The number of hydrogen-bond donors (Lipinski definition) is 2. The van der Waals surface area contributed by atoms with Crippen molar-refractivity contribution < 1.29 is 14.3 Å². The second kappa shape index (κ2) is 8.54. The summed E-state index contributed by atoms with van der Waals surface area (Å²) in [5, 5.41) is 6.31. The molecule has 0 saturated carbocycles. The van der Waals surface area contributed by atoms with Crippen LogP contribution in [0, 0.1) is 11.8 Å². The summed E-state index contributed by atoms with van der Waals surface area (Å²) in [5.41, 5.74) is 0.979. The van der Waals surface area contributed by atoms with E-state index >= 15 is 0 Å². The van der Waals surface area contributed by atoms with Crippen LogP contribution in [-0.4, -0.2) is 56.0 Å². The highest BCUT2D eigenvalue weighted by atomic mass is 16.5. The van der Waals surface area contributed by atoms with Crippen molar-refractivity contribution in [1.29, 1.82) is 0 Å². The van der Waals surface area contributed by atoms with E-state index in [2.05, 4.69) is 10.6 Å². The number of fused-ring (bicyclic) bond motifs is 1. The molecule has 2 heterocycles. The molecule has 2 fully saturated rings. The molecule has 2 amide bonds. The fraction of sp³-hybridized carbons (Fsp3) is 0.600. The summed E-state index contributed by atoms with van der Waals surface area (Å²) in [6.07, 6.45) is 2.55. The van der Waals surface area contributed by atoms with E-state index in [0.29, 0.717) is 18.3 Å². The number of hydrogen-bond acceptors (Lipinski definition) is 4. The SMILES string of the molecule is COc1cccc(CC(NC(C)=O)C(=O)N2CC[C@@H]3CNC[C@@H]3CC2)c1. The Morgan fingerprint density at radius 1 is 1.27 bits per heavy atom. The monoisotopic (exact) mass is 359 g/mol. The molecule has 2 saturated heterocycles. The average Bonchev–Trinajstić information content (AvgIpc) is 2.99. The van der Waals surface area contributed by atoms with Gasteiger partial charge in [0.2, 0.25) is 11.8 Å². The third kappa shape index (κ3) is 4.55. The molecule has 0 bridgehead atoms. The van der Waals surface area contributed by atoms with Crippen LogP contribution in [0.4, 0.5) is 0 Å². The molecule has 1 aromatic rings. The molecular weight excluding hydrogens is 330 g/mol. The average molecular weight is 359 g/mol. The molecule has 26 heavy (non-hydrogen) atoms. The first-order valence-electron chi connectivity index (χ1n) is 9.46. The van der Waals surface area contributed by atoms with Gasteiger partial charge in [-0.05, 0) is 55.5 Å². The Hall–Kier alpha value is -2.08. The predicted octanol–water partition coefficient (Wildman–Crippen LogP) is 1.20. The number of methoxy groups -OCH3 is 1. The van der Waals surface area contributed by atoms with Crippen molar-refractivity contribution in [3.8, 4) is 5.75 Å². The third-order valence-electron chi connectivity index (χ3n) is 5.58. The molecule has 2 aliphatic rings. The highest BCUT2D eigenvalue weighted by Gasteiger charge is 2.33. The lowest BCUT2D eigenvalue weighted by Crippen LogP contribution is -2.49. The van der Waals surface area contributed by atoms with Crippen LogP contribution in [0.5, 0.6) is 5.75 Å². The van der Waals surface area contributed by atoms with Gasteiger partial charge in [0.1, 0.15) is 11.8 Å². The zero-order chi connectivity index (χ0) is 18.5. The fourth-order valence-electron chi connectivity index (χ4n) is 4.14. The minimum absolute atomic E-state index is 0.0240. The van der Waals surface area contributed by atoms with E-state index in [1.54, 1.807) is 7.11 Å². The Morgan fingerprint density at radius 2 is 1.96 bits per heavy atom. The second-order valence-corrected chi connectivity index (χ2v) is 7.39. The number of carbonyl (C=O) groups excluding carboxylic acids is 2. The largest absolute Gasteiger partial charge is 0.497 e. The summed E-state index contributed by atoms with van der Waals surface area (Å²) in [7, 11) is 1.62. The third-order valence-corrected chi connectivity index (χ3v) is 5.58. The van der Waals surface area contributed by atoms with Crippen LogP contribution in [0.3, 0.4) is 0 Å². The van der Waals surface area contributed by atoms with Crippen LogP contribution in [0.25, 0.3) is 0 Å². The fourth-order valence-corrected chi connectivity index (χ4v) is 4.14. The van der Waals surface area contributed by atoms with Crippen LogP contribution < -0.4 is 15.4 Å². The molecule has 1 unspecified atom stereocenters. The summed E-state index contributed by atoms with van der Waals surface area (Å²) in [5.74, 6) is 1.94. The lowest BCUT2D eigenvalue weighted by molar-refractivity contribution is -0.136. The van der Waals surface area contributed by atoms with Crippen LogP contribution in [0.1, 0.15) is 25.3 Å². The van der Waals surface area contributed by atoms with Gasteiger partial charge in [0.25, 0.3) is 0 Å². The van der Waals surface area contributed by atoms with Gasteiger partial charge in [0, 0.05) is 26.4 Å². The van der Waals surface area contributed by atoms with E-state index < -0.39 is 6.04 Å². The Kier molecular flexibility index (Phi) is 6.14. The topological polar surface area (TPSA) is 70.7 Å². The van der Waals surface area contributed by atoms with Crippen LogP contribution in [0.15, 0.2) is 24.3 Å². The van der Waals surface area contributed by atoms with Gasteiger partial charge in [-0.1, -0.05) is 12.1 Å². The Bertz CT molecular complexity index is 635. The van der Waals surface area contributed by atoms with E-state index in [1.165, 1.54) is 6.92 Å². The molecule has 0 aromatic heterocycles. The van der Waals surface area contributed by atoms with E-state index in [9.17, 15) is 9.59 Å². The van der Waals surface area contributed by atoms with Crippen molar-refractivity contribution in [2.45, 2.75) is 32.2 Å². The number of amides is 2. The zero-order valence-corrected chi connectivity index (χ0v) is 15.7. The number of ether oxygens (including phenoxy) is 1. The Morgan fingerprint density at radius 3 is 2.58 bits per heavy atom. The first-order valence-corrected chi connectivity index (χ1v) is 9.46. The minimum Gasteiger partial charge on any atom is -0.497 e. The Balaban J connectivity index is 1.69. The lowest BCUT2D eigenvalue weighted by atomic mass is 9.92. The summed E-state index contributed by atoms with van der Waals surface area (Å²) in [6.45, 7) is 5.13. The molecule has 142 valence electrons. The number of benzene rings is 1. The van der Waals surface area contributed by atoms with Crippen LogP contribution in [0.2, 0.25) is 0 Å². The Labute approximate surface area is 155 Å². The minimum atomic E-state index is -0.532. The maximum atomic E-state index is 13.1. The van der Waals surface area contributed by atoms with E-state index in [4.69, 9.17) is 4.74 Å². The van der Waals surface area contributed by atoms with E-state index in [-0.39, 0.29) is 11.8 Å². The number of rotatable bonds is 5. The summed E-state index contributed by atoms with van der Waals surface area (Å²) in [6, 6.07) is 7.13. The highest BCUT2D eigenvalue weighted by molar-refractivity contribution is 5.87. The molecule has 0 radical (unpaired) electrons. The van der Waals surface area contributed by atoms with Crippen molar-refractivity contribution in [3.63, 3.8) is 0 Å². The molecule has 2 N–H and O–H groups in total. The maximum absolute atomic E-state index is 13.1. The molecule has 1 aromatic carbocycles. The number of nitrogens with one attached hydrogen (secondary N) is 2. The molecular formula is C20H29N3O3. The molecule has 6 nitrogen and oxygen atoms in total. The van der Waals surface area contributed by atoms with Crippen molar-refractivity contribution in [2.24, 2.45) is 11.8 Å². The maximum Gasteiger partial charge on any atom is 0.245 e. The zero-order valence-electron chi connectivity index (χ0n) is 15.7. The smallest absolute Gasteiger partial charge is 0.245 e. The molecule has 2 aliphatic heterocycles. The van der Waals surface area contributed by atoms with Gasteiger partial charge in [-0.3, -0.25) is 9.59 Å². The summed E-state index contributed by atoms with van der Waals surface area (Å²) in [4.78, 5) is 26.7. The van der Waals surface area contributed by atoms with Crippen LogP contribution >= 0.6 is 0 Å². The van der Waals surface area contributed by atoms with Gasteiger partial charge in [0.15, 0.2) is 0 Å². The highest BCUT2D eigenvalue weighted by Crippen LogP contribution is 2.27. The molecule has 0 spiro atoms. The summed E-state index contributed by atoms with van der Waals surface area (Å²) >= 11 is 0. The molecule has 0 aliphatic carbocycles. The van der Waals surface area contributed by atoms with E-state index in [1.807, 2.05) is 29.2 Å². The summed E-state index contributed by atoms with van der Waals surface area (Å²) < 4.78 is 5.26.